The van der Waals surface area contributed by atoms with Crippen molar-refractivity contribution in [2.75, 3.05) is 13.7 Å². The van der Waals surface area contributed by atoms with Crippen LogP contribution in [0.3, 0.4) is 0 Å². The molecule has 0 amide bonds. The Bertz CT molecular complexity index is 1350. The van der Waals surface area contributed by atoms with Gasteiger partial charge in [0.15, 0.2) is 12.2 Å². The number of phenolic OH excluding ortho intramolecular Hbond substituents is 1. The molecule has 0 saturated heterocycles. The lowest BCUT2D eigenvalue weighted by atomic mass is 10.0. The van der Waals surface area contributed by atoms with Crippen molar-refractivity contribution in [1.29, 1.82) is 0 Å². The van der Waals surface area contributed by atoms with E-state index in [4.69, 9.17) is 46.9 Å². The normalized spacial score (nSPS) is 17.0. The Morgan fingerprint density at radius 2 is 1.50 bits per heavy atom. The highest BCUT2D eigenvalue weighted by atomic mass is 35.5. The Balaban J connectivity index is 0.000000194. The fraction of sp³-hybridized carbons (Fsp3) is 0.333. The first-order chi connectivity index (χ1) is 19.3. The first-order valence-corrected chi connectivity index (χ1v) is 13.6. The van der Waals surface area contributed by atoms with Gasteiger partial charge in [0.25, 0.3) is 0 Å². The lowest BCUT2D eigenvalue weighted by Gasteiger charge is -2.25. The fourth-order valence-electron chi connectivity index (χ4n) is 4.31. The highest BCUT2D eigenvalue weighted by Crippen LogP contribution is 2.38. The van der Waals surface area contributed by atoms with E-state index in [0.29, 0.717) is 66.2 Å². The standard InChI is InChI=1S/C18H17ClO4.C12H13ClO4/c1-21-18(20)15-8-7-13-9-14(19)17(10-16(13)23-15)22-11-12-5-3-2-4-6-12;1-2-16-12(15)10-4-3-7-5-8(13)9(14)6-11(7)17-10/h2-6,9-10,15H,7-8,11H2,1H3;5-6,10,14H,2-4H2,1H3. The summed E-state index contributed by atoms with van der Waals surface area (Å²) in [6.07, 6.45) is 1.37. The zero-order valence-electron chi connectivity index (χ0n) is 22.2. The number of phenols is 1. The molecule has 5 rings (SSSR count). The van der Waals surface area contributed by atoms with Gasteiger partial charge in [-0.2, -0.15) is 0 Å². The monoisotopic (exact) mass is 588 g/mol. The second-order valence-electron chi connectivity index (χ2n) is 9.14. The molecule has 3 aromatic rings. The van der Waals surface area contributed by atoms with E-state index in [1.807, 2.05) is 36.4 Å². The van der Waals surface area contributed by atoms with E-state index in [0.717, 1.165) is 16.7 Å². The van der Waals surface area contributed by atoms with Crippen LogP contribution in [-0.4, -0.2) is 43.0 Å². The average molecular weight is 589 g/mol. The maximum Gasteiger partial charge on any atom is 0.347 e. The highest BCUT2D eigenvalue weighted by Gasteiger charge is 2.29. The van der Waals surface area contributed by atoms with Crippen molar-refractivity contribution in [3.05, 3.63) is 81.3 Å². The van der Waals surface area contributed by atoms with Gasteiger partial charge in [-0.25, -0.2) is 9.59 Å². The van der Waals surface area contributed by atoms with Gasteiger partial charge in [-0.1, -0.05) is 53.5 Å². The minimum atomic E-state index is -0.594. The Kier molecular flexibility index (Phi) is 10.0. The Morgan fingerprint density at radius 3 is 2.12 bits per heavy atom. The third kappa shape index (κ3) is 7.31. The summed E-state index contributed by atoms with van der Waals surface area (Å²) in [5, 5.41) is 10.3. The first kappa shape index (κ1) is 29.4. The topological polar surface area (TPSA) is 101 Å². The molecule has 0 saturated carbocycles. The van der Waals surface area contributed by atoms with Gasteiger partial charge < -0.3 is 28.8 Å². The summed E-state index contributed by atoms with van der Waals surface area (Å²) < 4.78 is 26.6. The van der Waals surface area contributed by atoms with Gasteiger partial charge in [0.05, 0.1) is 23.8 Å². The number of benzene rings is 3. The molecule has 0 aromatic heterocycles. The largest absolute Gasteiger partial charge is 0.506 e. The van der Waals surface area contributed by atoms with Crippen LogP contribution in [0.15, 0.2) is 54.6 Å². The van der Waals surface area contributed by atoms with E-state index < -0.39 is 12.2 Å². The van der Waals surface area contributed by atoms with Gasteiger partial charge in [-0.15, -0.1) is 0 Å². The number of aryl methyl sites for hydroxylation is 2. The number of halogens is 2. The van der Waals surface area contributed by atoms with Crippen molar-refractivity contribution in [3.63, 3.8) is 0 Å². The molecule has 0 spiro atoms. The average Bonchev–Trinajstić information content (AvgIpc) is 2.97. The summed E-state index contributed by atoms with van der Waals surface area (Å²) in [5.74, 6) is 0.884. The van der Waals surface area contributed by atoms with E-state index in [2.05, 4.69) is 0 Å². The SMILES string of the molecule is CCOC(=O)C1CCc2cc(Cl)c(O)cc2O1.COC(=O)C1CCc2cc(Cl)c(OCc3ccccc3)cc2O1. The van der Waals surface area contributed by atoms with Gasteiger partial charge in [0, 0.05) is 12.1 Å². The number of ether oxygens (including phenoxy) is 5. The van der Waals surface area contributed by atoms with Crippen molar-refractivity contribution in [2.24, 2.45) is 0 Å². The van der Waals surface area contributed by atoms with E-state index in [1.54, 1.807) is 19.1 Å². The third-order valence-corrected chi connectivity index (χ3v) is 6.98. The molecule has 0 bridgehead atoms. The Labute approximate surface area is 242 Å². The van der Waals surface area contributed by atoms with Gasteiger partial charge in [-0.05, 0) is 61.4 Å². The Morgan fingerprint density at radius 1 is 0.900 bits per heavy atom. The van der Waals surface area contributed by atoms with E-state index in [1.165, 1.54) is 13.2 Å². The molecule has 2 unspecified atom stereocenters. The van der Waals surface area contributed by atoms with E-state index >= 15 is 0 Å². The van der Waals surface area contributed by atoms with Crippen LogP contribution < -0.4 is 14.2 Å². The molecular formula is C30H30Cl2O8. The maximum absolute atomic E-state index is 11.6. The molecule has 0 radical (unpaired) electrons. The summed E-state index contributed by atoms with van der Waals surface area (Å²) >= 11 is 12.1. The van der Waals surface area contributed by atoms with Gasteiger partial charge >= 0.3 is 11.9 Å². The van der Waals surface area contributed by atoms with Crippen LogP contribution in [0.2, 0.25) is 10.0 Å². The number of hydrogen-bond acceptors (Lipinski definition) is 8. The summed E-state index contributed by atoms with van der Waals surface area (Å²) in [5.41, 5.74) is 2.92. The quantitative estimate of drug-likeness (QED) is 0.345. The van der Waals surface area contributed by atoms with Crippen molar-refractivity contribution >= 4 is 35.1 Å². The molecule has 2 aliphatic rings. The second kappa shape index (κ2) is 13.6. The molecular weight excluding hydrogens is 559 g/mol. The molecule has 10 heteroatoms. The van der Waals surface area contributed by atoms with Crippen molar-refractivity contribution < 1.29 is 38.4 Å². The molecule has 2 atom stereocenters. The van der Waals surface area contributed by atoms with Crippen LogP contribution in [0.1, 0.15) is 36.5 Å². The number of methoxy groups -OCH3 is 1. The molecule has 1 N–H and O–H groups in total. The van der Waals surface area contributed by atoms with Crippen molar-refractivity contribution in [2.45, 2.75) is 51.4 Å². The number of hydrogen-bond donors (Lipinski definition) is 1. The number of carbonyl (C=O) groups is 2. The van der Waals surface area contributed by atoms with Crippen LogP contribution in [-0.2, 0) is 38.5 Å². The molecule has 40 heavy (non-hydrogen) atoms. The summed E-state index contributed by atoms with van der Waals surface area (Å²) in [6, 6.07) is 16.5. The molecule has 3 aromatic carbocycles. The summed E-state index contributed by atoms with van der Waals surface area (Å²) in [7, 11) is 1.36. The van der Waals surface area contributed by atoms with Gasteiger partial charge in [0.2, 0.25) is 0 Å². The molecule has 0 fully saturated rings. The van der Waals surface area contributed by atoms with Gasteiger partial charge in [0.1, 0.15) is 29.6 Å². The lowest BCUT2D eigenvalue weighted by Crippen LogP contribution is -2.32. The molecule has 2 aliphatic heterocycles. The molecule has 2 heterocycles. The van der Waals surface area contributed by atoms with Crippen LogP contribution in [0, 0.1) is 0 Å². The van der Waals surface area contributed by atoms with Crippen molar-refractivity contribution in [1.82, 2.24) is 0 Å². The van der Waals surface area contributed by atoms with E-state index in [9.17, 15) is 14.7 Å². The van der Waals surface area contributed by atoms with Crippen molar-refractivity contribution in [3.8, 4) is 23.0 Å². The van der Waals surface area contributed by atoms with E-state index in [-0.39, 0.29) is 17.7 Å². The lowest BCUT2D eigenvalue weighted by molar-refractivity contribution is -0.152. The summed E-state index contributed by atoms with van der Waals surface area (Å²) in [4.78, 5) is 23.2. The highest BCUT2D eigenvalue weighted by molar-refractivity contribution is 6.32. The number of carbonyl (C=O) groups excluding carboxylic acids is 2. The smallest absolute Gasteiger partial charge is 0.347 e. The minimum absolute atomic E-state index is 0.0464. The minimum Gasteiger partial charge on any atom is -0.506 e. The number of esters is 2. The molecule has 0 aliphatic carbocycles. The summed E-state index contributed by atoms with van der Waals surface area (Å²) in [6.45, 7) is 2.50. The predicted molar refractivity (Wildman–Crippen MR) is 149 cm³/mol. The van der Waals surface area contributed by atoms with Crippen LogP contribution in [0.5, 0.6) is 23.0 Å². The number of rotatable bonds is 6. The van der Waals surface area contributed by atoms with Crippen LogP contribution in [0.25, 0.3) is 0 Å². The number of aromatic hydroxyl groups is 1. The van der Waals surface area contributed by atoms with Crippen LogP contribution in [0.4, 0.5) is 0 Å². The fourth-order valence-corrected chi connectivity index (χ4v) is 4.74. The zero-order valence-corrected chi connectivity index (χ0v) is 23.7. The predicted octanol–water partition coefficient (Wildman–Crippen LogP) is 6.09. The molecule has 8 nitrogen and oxygen atoms in total. The zero-order chi connectivity index (χ0) is 28.6. The van der Waals surface area contributed by atoms with Gasteiger partial charge in [-0.3, -0.25) is 0 Å². The second-order valence-corrected chi connectivity index (χ2v) is 9.96. The third-order valence-electron chi connectivity index (χ3n) is 6.39. The Hall–Kier alpha value is -3.62. The van der Waals surface area contributed by atoms with Crippen LogP contribution >= 0.6 is 23.2 Å². The first-order valence-electron chi connectivity index (χ1n) is 12.9. The maximum atomic E-state index is 11.6. The molecule has 212 valence electrons. The number of fused-ring (bicyclic) bond motifs is 2.